The Balaban J connectivity index is 0.987. The second-order valence-corrected chi connectivity index (χ2v) is 16.4. The average molecular weight is 746 g/mol. The molecule has 2 heterocycles. The van der Waals surface area contributed by atoms with Crippen molar-refractivity contribution < 1.29 is 8.83 Å². The number of furan rings is 2. The highest BCUT2D eigenvalue weighted by molar-refractivity contribution is 6.11. The molecule has 0 bridgehead atoms. The van der Waals surface area contributed by atoms with Gasteiger partial charge in [0.25, 0.3) is 0 Å². The van der Waals surface area contributed by atoms with Crippen LogP contribution in [0.25, 0.3) is 76.9 Å². The van der Waals surface area contributed by atoms with E-state index in [2.05, 4.69) is 189 Å². The summed E-state index contributed by atoms with van der Waals surface area (Å²) >= 11 is 0. The summed E-state index contributed by atoms with van der Waals surface area (Å²) in [6.45, 7) is 4.72. The van der Waals surface area contributed by atoms with E-state index in [1.807, 2.05) is 12.1 Å². The van der Waals surface area contributed by atoms with Crippen LogP contribution >= 0.6 is 0 Å². The van der Waals surface area contributed by atoms with Crippen molar-refractivity contribution in [2.45, 2.75) is 31.6 Å². The summed E-state index contributed by atoms with van der Waals surface area (Å²) in [6.07, 6.45) is 7.98. The van der Waals surface area contributed by atoms with E-state index in [1.165, 1.54) is 38.6 Å². The summed E-state index contributed by atoms with van der Waals surface area (Å²) in [5.41, 5.74) is 15.9. The molecule has 0 fully saturated rings. The lowest BCUT2D eigenvalue weighted by atomic mass is 9.82. The lowest BCUT2D eigenvalue weighted by Crippen LogP contribution is -2.20. The maximum atomic E-state index is 6.43. The highest BCUT2D eigenvalue weighted by Crippen LogP contribution is 2.51. The van der Waals surface area contributed by atoms with E-state index in [9.17, 15) is 0 Å². The first kappa shape index (κ1) is 33.1. The van der Waals surface area contributed by atoms with Crippen molar-refractivity contribution in [3.63, 3.8) is 0 Å². The molecule has 8 aromatic carbocycles. The van der Waals surface area contributed by atoms with Crippen LogP contribution in [0, 0.1) is 0 Å². The predicted octanol–water partition coefficient (Wildman–Crippen LogP) is 15.4. The van der Waals surface area contributed by atoms with E-state index in [0.29, 0.717) is 0 Å². The highest BCUT2D eigenvalue weighted by Gasteiger charge is 2.36. The zero-order valence-corrected chi connectivity index (χ0v) is 32.4. The van der Waals surface area contributed by atoms with Crippen LogP contribution in [0.15, 0.2) is 197 Å². The molecule has 276 valence electrons. The molecule has 0 N–H and O–H groups in total. The Hall–Kier alpha value is -7.10. The fourth-order valence-electron chi connectivity index (χ4n) is 9.80. The molecule has 3 nitrogen and oxygen atoms in total. The molecule has 0 saturated carbocycles. The molecule has 0 amide bonds. The Morgan fingerprint density at radius 1 is 0.517 bits per heavy atom. The van der Waals surface area contributed by atoms with Gasteiger partial charge in [0, 0.05) is 49.8 Å². The van der Waals surface area contributed by atoms with Gasteiger partial charge in [-0.2, -0.15) is 0 Å². The quantitative estimate of drug-likeness (QED) is 0.176. The number of allylic oxidation sites excluding steroid dienone is 3. The molecule has 0 saturated heterocycles. The van der Waals surface area contributed by atoms with E-state index in [4.69, 9.17) is 8.83 Å². The Morgan fingerprint density at radius 2 is 1.21 bits per heavy atom. The second-order valence-electron chi connectivity index (χ2n) is 16.4. The third kappa shape index (κ3) is 4.99. The van der Waals surface area contributed by atoms with Crippen LogP contribution in [0.5, 0.6) is 0 Å². The van der Waals surface area contributed by atoms with Gasteiger partial charge in [-0.3, -0.25) is 0 Å². The van der Waals surface area contributed by atoms with Crippen molar-refractivity contribution in [3.05, 3.63) is 204 Å². The number of benzene rings is 8. The molecule has 0 radical (unpaired) electrons. The van der Waals surface area contributed by atoms with Crippen LogP contribution in [-0.4, -0.2) is 0 Å². The van der Waals surface area contributed by atoms with Crippen LogP contribution in [0.1, 0.15) is 42.9 Å². The predicted molar refractivity (Wildman–Crippen MR) is 241 cm³/mol. The van der Waals surface area contributed by atoms with Gasteiger partial charge in [0.2, 0.25) is 0 Å². The number of hydrogen-bond acceptors (Lipinski definition) is 3. The number of fused-ring (bicyclic) bond motifs is 10. The van der Waals surface area contributed by atoms with E-state index in [-0.39, 0.29) is 11.3 Å². The molecule has 10 aromatic rings. The summed E-state index contributed by atoms with van der Waals surface area (Å²) in [7, 11) is 0. The minimum Gasteiger partial charge on any atom is -0.456 e. The molecular weight excluding hydrogens is 707 g/mol. The van der Waals surface area contributed by atoms with Gasteiger partial charge in [0.1, 0.15) is 22.3 Å². The van der Waals surface area contributed by atoms with Gasteiger partial charge < -0.3 is 13.7 Å². The molecule has 58 heavy (non-hydrogen) atoms. The monoisotopic (exact) mass is 745 g/mol. The first-order chi connectivity index (χ1) is 28.5. The van der Waals surface area contributed by atoms with Crippen LogP contribution in [-0.2, 0) is 5.41 Å². The van der Waals surface area contributed by atoms with Crippen molar-refractivity contribution in [3.8, 4) is 22.3 Å². The third-order valence-electron chi connectivity index (χ3n) is 12.8. The van der Waals surface area contributed by atoms with E-state index in [1.54, 1.807) is 0 Å². The fraction of sp³-hybridized carbons (Fsp3) is 0.0909. The summed E-state index contributed by atoms with van der Waals surface area (Å²) in [4.78, 5) is 2.47. The van der Waals surface area contributed by atoms with Gasteiger partial charge in [-0.25, -0.2) is 0 Å². The van der Waals surface area contributed by atoms with Crippen molar-refractivity contribution >= 4 is 66.0 Å². The Labute approximate surface area is 336 Å². The Morgan fingerprint density at radius 3 is 2.07 bits per heavy atom. The first-order valence-electron chi connectivity index (χ1n) is 20.3. The maximum Gasteiger partial charge on any atom is 0.136 e. The largest absolute Gasteiger partial charge is 0.456 e. The molecule has 0 aliphatic heterocycles. The van der Waals surface area contributed by atoms with Gasteiger partial charge in [-0.15, -0.1) is 0 Å². The van der Waals surface area contributed by atoms with Crippen molar-refractivity contribution in [2.75, 3.05) is 4.90 Å². The SMILES string of the molecule is CC1(C)c2ccccc2-c2ccc(N(C3=CCC(c4ccc5c(c4)oc4ccccc45)C=C3)c3ccccc3-c3ccc4oc5cc6ccccc6cc5c4c3)cc21. The van der Waals surface area contributed by atoms with Gasteiger partial charge >= 0.3 is 0 Å². The third-order valence-corrected chi connectivity index (χ3v) is 12.8. The van der Waals surface area contributed by atoms with E-state index >= 15 is 0 Å². The maximum absolute atomic E-state index is 6.43. The summed E-state index contributed by atoms with van der Waals surface area (Å²) < 4.78 is 12.7. The Bertz CT molecular complexity index is 3370. The van der Waals surface area contributed by atoms with Crippen molar-refractivity contribution in [1.82, 2.24) is 0 Å². The van der Waals surface area contributed by atoms with Crippen LogP contribution in [0.4, 0.5) is 11.4 Å². The van der Waals surface area contributed by atoms with Gasteiger partial charge in [0.05, 0.1) is 5.69 Å². The smallest absolute Gasteiger partial charge is 0.136 e. The zero-order valence-electron chi connectivity index (χ0n) is 32.4. The molecule has 0 spiro atoms. The summed E-state index contributed by atoms with van der Waals surface area (Å²) in [5, 5.41) is 6.97. The lowest BCUT2D eigenvalue weighted by Gasteiger charge is -2.32. The molecule has 2 aliphatic carbocycles. The molecule has 1 unspecified atom stereocenters. The minimum absolute atomic E-state index is 0.123. The number of nitrogens with zero attached hydrogens (tertiary/aromatic N) is 1. The lowest BCUT2D eigenvalue weighted by molar-refractivity contribution is 0.660. The number of hydrogen-bond donors (Lipinski definition) is 0. The summed E-state index contributed by atoms with van der Waals surface area (Å²) in [5.74, 6) is 0.236. The first-order valence-corrected chi connectivity index (χ1v) is 20.3. The number of rotatable bonds is 5. The van der Waals surface area contributed by atoms with Crippen molar-refractivity contribution in [2.24, 2.45) is 0 Å². The normalized spacial score (nSPS) is 15.7. The van der Waals surface area contributed by atoms with Gasteiger partial charge in [-0.1, -0.05) is 135 Å². The topological polar surface area (TPSA) is 29.5 Å². The van der Waals surface area contributed by atoms with Crippen LogP contribution < -0.4 is 4.90 Å². The number of anilines is 2. The fourth-order valence-corrected chi connectivity index (χ4v) is 9.80. The molecular formula is C55H39NO2. The van der Waals surface area contributed by atoms with Crippen molar-refractivity contribution in [1.29, 1.82) is 0 Å². The van der Waals surface area contributed by atoms with Crippen LogP contribution in [0.2, 0.25) is 0 Å². The Kier molecular flexibility index (Phi) is 7.10. The second kappa shape index (κ2) is 12.4. The van der Waals surface area contributed by atoms with Gasteiger partial charge in [0.15, 0.2) is 0 Å². The molecule has 2 aromatic heterocycles. The molecule has 3 heteroatoms. The number of para-hydroxylation sites is 2. The molecule has 12 rings (SSSR count). The molecule has 2 aliphatic rings. The minimum atomic E-state index is -0.123. The average Bonchev–Trinajstić information content (AvgIpc) is 3.89. The standard InChI is InChI=1S/C55H39NO2/c1-55(2)48-16-8-5-14-42(48)43-27-25-40(33-49(43)55)56(39-23-19-34(20-24-39)37-21-26-45-44-15-7-10-18-51(44)57-53(45)32-37)50-17-9-6-13-41(50)38-22-28-52-46(30-38)47-29-35-11-3-4-12-36(35)31-54(47)58-52/h3-19,21-34H,20H2,1-2H3. The molecule has 1 atom stereocenters. The van der Waals surface area contributed by atoms with Crippen LogP contribution in [0.3, 0.4) is 0 Å². The summed E-state index contributed by atoms with van der Waals surface area (Å²) in [6, 6.07) is 59.4. The highest BCUT2D eigenvalue weighted by atomic mass is 16.3. The van der Waals surface area contributed by atoms with E-state index < -0.39 is 0 Å². The zero-order chi connectivity index (χ0) is 38.5. The van der Waals surface area contributed by atoms with E-state index in [0.717, 1.165) is 78.5 Å². The van der Waals surface area contributed by atoms with Gasteiger partial charge in [-0.05, 0) is 111 Å².